The molecular formula is C17H28N2O3S. The maximum Gasteiger partial charge on any atom is 0.211 e. The third-order valence-corrected chi connectivity index (χ3v) is 5.69. The van der Waals surface area contributed by atoms with Crippen molar-refractivity contribution in [1.29, 1.82) is 0 Å². The Balaban J connectivity index is 1.94. The van der Waals surface area contributed by atoms with E-state index in [0.717, 1.165) is 25.1 Å². The van der Waals surface area contributed by atoms with Crippen molar-refractivity contribution in [1.82, 2.24) is 10.0 Å². The molecule has 0 radical (unpaired) electrons. The number of benzene rings is 1. The van der Waals surface area contributed by atoms with Crippen molar-refractivity contribution in [3.8, 4) is 5.75 Å². The van der Waals surface area contributed by atoms with Crippen molar-refractivity contribution >= 4 is 10.0 Å². The number of piperidine rings is 1. The Labute approximate surface area is 139 Å². The second-order valence-corrected chi connectivity index (χ2v) is 8.41. The largest absolute Gasteiger partial charge is 0.492 e. The fourth-order valence-electron chi connectivity index (χ4n) is 2.72. The third-order valence-electron chi connectivity index (χ3n) is 4.27. The van der Waals surface area contributed by atoms with E-state index < -0.39 is 10.0 Å². The van der Waals surface area contributed by atoms with Crippen LogP contribution in [-0.4, -0.2) is 39.4 Å². The molecule has 0 aliphatic carbocycles. The van der Waals surface area contributed by atoms with E-state index in [0.29, 0.717) is 12.5 Å². The predicted octanol–water partition coefficient (Wildman–Crippen LogP) is 2.25. The van der Waals surface area contributed by atoms with Crippen LogP contribution in [0.5, 0.6) is 5.75 Å². The average Bonchev–Trinajstić information content (AvgIpc) is 2.54. The monoisotopic (exact) mass is 340 g/mol. The summed E-state index contributed by atoms with van der Waals surface area (Å²) in [7, 11) is -3.20. The normalized spacial score (nSPS) is 22.3. The standard InChI is InChI=1S/C17H28N2O3S/c1-4-23(20,21)19-16-6-5-11-18-17(16)12-22-15-9-7-14(8-10-15)13(2)3/h7-10,13,16-19H,4-6,11-12H2,1-3H3/t16-,17+/m0/s1. The minimum Gasteiger partial charge on any atom is -0.492 e. The van der Waals surface area contributed by atoms with Crippen LogP contribution in [0.4, 0.5) is 0 Å². The Morgan fingerprint density at radius 1 is 1.30 bits per heavy atom. The zero-order valence-electron chi connectivity index (χ0n) is 14.2. The molecule has 0 bridgehead atoms. The number of nitrogens with one attached hydrogen (secondary N) is 2. The highest BCUT2D eigenvalue weighted by atomic mass is 32.2. The van der Waals surface area contributed by atoms with E-state index in [9.17, 15) is 8.42 Å². The molecular weight excluding hydrogens is 312 g/mol. The van der Waals surface area contributed by atoms with Gasteiger partial charge in [0.15, 0.2) is 0 Å². The SMILES string of the molecule is CCS(=O)(=O)N[C@H]1CCCN[C@@H]1COc1ccc(C(C)C)cc1. The van der Waals surface area contributed by atoms with Crippen LogP contribution in [-0.2, 0) is 10.0 Å². The molecule has 1 aromatic carbocycles. The molecule has 0 aromatic heterocycles. The van der Waals surface area contributed by atoms with E-state index in [1.54, 1.807) is 6.92 Å². The molecule has 2 rings (SSSR count). The average molecular weight is 340 g/mol. The minimum absolute atomic E-state index is 0.00477. The Morgan fingerprint density at radius 2 is 2.00 bits per heavy atom. The zero-order chi connectivity index (χ0) is 16.9. The quantitative estimate of drug-likeness (QED) is 0.799. The van der Waals surface area contributed by atoms with Crippen LogP contribution in [0.2, 0.25) is 0 Å². The first-order valence-corrected chi connectivity index (χ1v) is 10.0. The maximum atomic E-state index is 11.8. The molecule has 23 heavy (non-hydrogen) atoms. The number of rotatable bonds is 7. The Morgan fingerprint density at radius 3 is 2.61 bits per heavy atom. The van der Waals surface area contributed by atoms with Gasteiger partial charge in [0.25, 0.3) is 0 Å². The first kappa shape index (κ1) is 18.2. The first-order valence-electron chi connectivity index (χ1n) is 8.37. The molecule has 1 fully saturated rings. The topological polar surface area (TPSA) is 67.4 Å². The molecule has 1 aromatic rings. The van der Waals surface area contributed by atoms with Crippen molar-refractivity contribution in [3.63, 3.8) is 0 Å². The summed E-state index contributed by atoms with van der Waals surface area (Å²) in [5, 5.41) is 3.36. The van der Waals surface area contributed by atoms with Gasteiger partial charge in [0.1, 0.15) is 12.4 Å². The van der Waals surface area contributed by atoms with Gasteiger partial charge in [-0.3, -0.25) is 0 Å². The van der Waals surface area contributed by atoms with Crippen molar-refractivity contribution in [2.24, 2.45) is 0 Å². The molecule has 1 saturated heterocycles. The van der Waals surface area contributed by atoms with Crippen LogP contribution < -0.4 is 14.8 Å². The minimum atomic E-state index is -3.20. The predicted molar refractivity (Wildman–Crippen MR) is 93.4 cm³/mol. The lowest BCUT2D eigenvalue weighted by Crippen LogP contribution is -2.56. The molecule has 0 amide bonds. The Bertz CT molecular complexity index is 584. The number of ether oxygens (including phenoxy) is 1. The van der Waals surface area contributed by atoms with Gasteiger partial charge in [-0.1, -0.05) is 26.0 Å². The highest BCUT2D eigenvalue weighted by Crippen LogP contribution is 2.19. The molecule has 0 spiro atoms. The second-order valence-electron chi connectivity index (χ2n) is 6.37. The molecule has 1 heterocycles. The van der Waals surface area contributed by atoms with Gasteiger partial charge in [-0.25, -0.2) is 13.1 Å². The van der Waals surface area contributed by atoms with Gasteiger partial charge in [-0.15, -0.1) is 0 Å². The smallest absolute Gasteiger partial charge is 0.211 e. The van der Waals surface area contributed by atoms with E-state index in [-0.39, 0.29) is 17.8 Å². The van der Waals surface area contributed by atoms with Crippen LogP contribution in [0.1, 0.15) is 45.1 Å². The number of hydrogen-bond donors (Lipinski definition) is 2. The fraction of sp³-hybridized carbons (Fsp3) is 0.647. The summed E-state index contributed by atoms with van der Waals surface area (Å²) in [4.78, 5) is 0. The van der Waals surface area contributed by atoms with Crippen LogP contribution in [0.3, 0.4) is 0 Å². The van der Waals surface area contributed by atoms with Crippen LogP contribution in [0.15, 0.2) is 24.3 Å². The molecule has 1 aliphatic rings. The van der Waals surface area contributed by atoms with Gasteiger partial charge >= 0.3 is 0 Å². The summed E-state index contributed by atoms with van der Waals surface area (Å²) in [6.45, 7) is 7.32. The Hall–Kier alpha value is -1.11. The van der Waals surface area contributed by atoms with Gasteiger partial charge < -0.3 is 10.1 Å². The highest BCUT2D eigenvalue weighted by molar-refractivity contribution is 7.89. The maximum absolute atomic E-state index is 11.8. The summed E-state index contributed by atoms with van der Waals surface area (Å²) in [6.07, 6.45) is 1.81. The van der Waals surface area contributed by atoms with E-state index in [2.05, 4.69) is 36.0 Å². The van der Waals surface area contributed by atoms with Gasteiger partial charge in [-0.2, -0.15) is 0 Å². The zero-order valence-corrected chi connectivity index (χ0v) is 15.0. The lowest BCUT2D eigenvalue weighted by Gasteiger charge is -2.32. The van der Waals surface area contributed by atoms with E-state index in [4.69, 9.17) is 4.74 Å². The van der Waals surface area contributed by atoms with E-state index >= 15 is 0 Å². The number of hydrogen-bond acceptors (Lipinski definition) is 4. The lowest BCUT2D eigenvalue weighted by atomic mass is 10.00. The summed E-state index contributed by atoms with van der Waals surface area (Å²) >= 11 is 0. The lowest BCUT2D eigenvalue weighted by molar-refractivity contribution is 0.213. The van der Waals surface area contributed by atoms with Crippen molar-refractivity contribution in [2.45, 2.75) is 51.6 Å². The summed E-state index contributed by atoms with van der Waals surface area (Å²) in [5.74, 6) is 1.42. The highest BCUT2D eigenvalue weighted by Gasteiger charge is 2.28. The van der Waals surface area contributed by atoms with Crippen LogP contribution >= 0.6 is 0 Å². The number of sulfonamides is 1. The molecule has 130 valence electrons. The van der Waals surface area contributed by atoms with Crippen molar-refractivity contribution in [3.05, 3.63) is 29.8 Å². The third kappa shape index (κ3) is 5.48. The van der Waals surface area contributed by atoms with E-state index in [1.807, 2.05) is 12.1 Å². The summed E-state index contributed by atoms with van der Waals surface area (Å²) in [6, 6.07) is 7.99. The molecule has 1 aliphatic heterocycles. The van der Waals surface area contributed by atoms with Crippen molar-refractivity contribution in [2.75, 3.05) is 18.9 Å². The molecule has 0 unspecified atom stereocenters. The Kier molecular flexibility index (Phi) is 6.44. The summed E-state index contributed by atoms with van der Waals surface area (Å²) in [5.41, 5.74) is 1.28. The van der Waals surface area contributed by atoms with Gasteiger partial charge in [0.05, 0.1) is 11.8 Å². The van der Waals surface area contributed by atoms with Gasteiger partial charge in [0, 0.05) is 6.04 Å². The van der Waals surface area contributed by atoms with Gasteiger partial charge in [0.2, 0.25) is 10.0 Å². The fourth-order valence-corrected chi connectivity index (χ4v) is 3.63. The van der Waals surface area contributed by atoms with Crippen LogP contribution in [0, 0.1) is 0 Å². The van der Waals surface area contributed by atoms with Crippen molar-refractivity contribution < 1.29 is 13.2 Å². The summed E-state index contributed by atoms with van der Waals surface area (Å²) < 4.78 is 32.3. The van der Waals surface area contributed by atoms with Crippen LogP contribution in [0.25, 0.3) is 0 Å². The molecule has 2 atom stereocenters. The molecule has 0 saturated carbocycles. The molecule has 5 nitrogen and oxygen atoms in total. The van der Waals surface area contributed by atoms with E-state index in [1.165, 1.54) is 5.56 Å². The second kappa shape index (κ2) is 8.13. The van der Waals surface area contributed by atoms with Gasteiger partial charge in [-0.05, 0) is 49.9 Å². The molecule has 6 heteroatoms. The molecule has 2 N–H and O–H groups in total. The first-order chi connectivity index (χ1) is 10.9.